The first-order chi connectivity index (χ1) is 5.05. The van der Waals surface area contributed by atoms with Crippen molar-refractivity contribution in [3.63, 3.8) is 0 Å². The van der Waals surface area contributed by atoms with Gasteiger partial charge in [-0.2, -0.15) is 0 Å². The zero-order valence-corrected chi connectivity index (χ0v) is 7.59. The molecule has 0 aliphatic carbocycles. The minimum Gasteiger partial charge on any atom is -0.395 e. The Labute approximate surface area is 68.4 Å². The van der Waals surface area contributed by atoms with Crippen molar-refractivity contribution >= 4 is 0 Å². The first-order valence-electron chi connectivity index (χ1n) is 4.11. The standard InChI is InChI=1S/C8H18N2O/c1-8(2)6-10(3)7(5-11)4-9-8/h7,9,11H,4-6H2,1-3H3. The number of hydrogen-bond acceptors (Lipinski definition) is 3. The van der Waals surface area contributed by atoms with E-state index in [0.29, 0.717) is 6.04 Å². The number of likely N-dealkylation sites (N-methyl/N-ethyl adjacent to an activating group) is 1. The van der Waals surface area contributed by atoms with Crippen molar-refractivity contribution in [1.82, 2.24) is 10.2 Å². The smallest absolute Gasteiger partial charge is 0.0599 e. The van der Waals surface area contributed by atoms with Crippen LogP contribution in [0.4, 0.5) is 0 Å². The number of nitrogens with one attached hydrogen (secondary N) is 1. The molecule has 1 rings (SSSR count). The third kappa shape index (κ3) is 2.15. The maximum absolute atomic E-state index is 8.95. The Bertz CT molecular complexity index is 136. The topological polar surface area (TPSA) is 35.5 Å². The van der Waals surface area contributed by atoms with Crippen LogP contribution in [0.5, 0.6) is 0 Å². The molecule has 66 valence electrons. The summed E-state index contributed by atoms with van der Waals surface area (Å²) >= 11 is 0. The van der Waals surface area contributed by atoms with Crippen LogP contribution in [0.15, 0.2) is 0 Å². The molecule has 1 fully saturated rings. The van der Waals surface area contributed by atoms with Crippen LogP contribution in [0, 0.1) is 0 Å². The Morgan fingerprint density at radius 2 is 2.27 bits per heavy atom. The van der Waals surface area contributed by atoms with E-state index in [1.807, 2.05) is 0 Å². The summed E-state index contributed by atoms with van der Waals surface area (Å²) in [6, 6.07) is 0.294. The lowest BCUT2D eigenvalue weighted by atomic mass is 10.00. The van der Waals surface area contributed by atoms with Crippen molar-refractivity contribution < 1.29 is 5.11 Å². The Kier molecular flexibility index (Phi) is 2.52. The second-order valence-electron chi connectivity index (χ2n) is 4.02. The lowest BCUT2D eigenvalue weighted by Crippen LogP contribution is -2.61. The SMILES string of the molecule is CN1CC(C)(C)NCC1CO. The highest BCUT2D eigenvalue weighted by Crippen LogP contribution is 2.12. The highest BCUT2D eigenvalue weighted by Gasteiger charge is 2.29. The van der Waals surface area contributed by atoms with Crippen LogP contribution >= 0.6 is 0 Å². The maximum Gasteiger partial charge on any atom is 0.0599 e. The maximum atomic E-state index is 8.95. The van der Waals surface area contributed by atoms with E-state index in [1.165, 1.54) is 0 Å². The molecule has 1 heterocycles. The van der Waals surface area contributed by atoms with Crippen molar-refractivity contribution in [1.29, 1.82) is 0 Å². The summed E-state index contributed by atoms with van der Waals surface area (Å²) in [6.07, 6.45) is 0. The zero-order valence-electron chi connectivity index (χ0n) is 7.59. The minimum atomic E-state index is 0.195. The number of aliphatic hydroxyl groups excluding tert-OH is 1. The second-order valence-corrected chi connectivity index (χ2v) is 4.02. The predicted octanol–water partition coefficient (Wildman–Crippen LogP) is -0.339. The molecule has 11 heavy (non-hydrogen) atoms. The molecule has 0 aromatic heterocycles. The minimum absolute atomic E-state index is 0.195. The van der Waals surface area contributed by atoms with Crippen LogP contribution in [-0.4, -0.2) is 48.3 Å². The number of piperazine rings is 1. The van der Waals surface area contributed by atoms with Gasteiger partial charge >= 0.3 is 0 Å². The van der Waals surface area contributed by atoms with Crippen LogP contribution in [0.1, 0.15) is 13.8 Å². The molecule has 1 atom stereocenters. The third-order valence-corrected chi connectivity index (χ3v) is 2.30. The van der Waals surface area contributed by atoms with E-state index >= 15 is 0 Å². The molecule has 0 amide bonds. The van der Waals surface area contributed by atoms with Crippen molar-refractivity contribution in [3.8, 4) is 0 Å². The van der Waals surface area contributed by atoms with Crippen molar-refractivity contribution in [2.75, 3.05) is 26.7 Å². The van der Waals surface area contributed by atoms with Gasteiger partial charge in [0.1, 0.15) is 0 Å². The molecule has 0 bridgehead atoms. The molecule has 1 aliphatic heterocycles. The fourth-order valence-corrected chi connectivity index (χ4v) is 1.56. The molecule has 0 saturated carbocycles. The highest BCUT2D eigenvalue weighted by molar-refractivity contribution is 4.90. The average Bonchev–Trinajstić information content (AvgIpc) is 1.86. The van der Waals surface area contributed by atoms with Gasteiger partial charge in [-0.15, -0.1) is 0 Å². The van der Waals surface area contributed by atoms with Gasteiger partial charge in [-0.1, -0.05) is 0 Å². The summed E-state index contributed by atoms with van der Waals surface area (Å²) in [6.45, 7) is 6.49. The van der Waals surface area contributed by atoms with Gasteiger partial charge in [0.2, 0.25) is 0 Å². The van der Waals surface area contributed by atoms with Gasteiger partial charge in [-0.05, 0) is 20.9 Å². The van der Waals surface area contributed by atoms with Crippen LogP contribution in [-0.2, 0) is 0 Å². The molecular weight excluding hydrogens is 140 g/mol. The Morgan fingerprint density at radius 1 is 1.64 bits per heavy atom. The summed E-state index contributed by atoms with van der Waals surface area (Å²) in [7, 11) is 2.06. The van der Waals surface area contributed by atoms with Gasteiger partial charge in [0.25, 0.3) is 0 Å². The predicted molar refractivity (Wildman–Crippen MR) is 45.6 cm³/mol. The van der Waals surface area contributed by atoms with Gasteiger partial charge in [-0.3, -0.25) is 4.90 Å². The van der Waals surface area contributed by atoms with Crippen LogP contribution in [0.25, 0.3) is 0 Å². The summed E-state index contributed by atoms with van der Waals surface area (Å²) in [5.74, 6) is 0. The Balaban J connectivity index is 2.48. The third-order valence-electron chi connectivity index (χ3n) is 2.30. The molecule has 3 heteroatoms. The quantitative estimate of drug-likeness (QED) is 0.548. The summed E-state index contributed by atoms with van der Waals surface area (Å²) in [4.78, 5) is 2.20. The fraction of sp³-hybridized carbons (Fsp3) is 1.00. The van der Waals surface area contributed by atoms with Crippen LogP contribution in [0.3, 0.4) is 0 Å². The molecule has 0 radical (unpaired) electrons. The zero-order chi connectivity index (χ0) is 8.48. The van der Waals surface area contributed by atoms with Crippen molar-refractivity contribution in [3.05, 3.63) is 0 Å². The Hall–Kier alpha value is -0.120. The second kappa shape index (κ2) is 3.09. The fourth-order valence-electron chi connectivity index (χ4n) is 1.56. The van der Waals surface area contributed by atoms with Crippen LogP contribution < -0.4 is 5.32 Å². The van der Waals surface area contributed by atoms with E-state index in [4.69, 9.17) is 5.11 Å². The lowest BCUT2D eigenvalue weighted by molar-refractivity contribution is 0.0785. The van der Waals surface area contributed by atoms with E-state index < -0.39 is 0 Å². The van der Waals surface area contributed by atoms with Gasteiger partial charge in [0, 0.05) is 24.7 Å². The van der Waals surface area contributed by atoms with E-state index in [0.717, 1.165) is 13.1 Å². The normalized spacial score (nSPS) is 32.2. The number of rotatable bonds is 1. The summed E-state index contributed by atoms with van der Waals surface area (Å²) < 4.78 is 0. The number of nitrogens with zero attached hydrogens (tertiary/aromatic N) is 1. The van der Waals surface area contributed by atoms with Gasteiger partial charge in [0.15, 0.2) is 0 Å². The molecule has 1 aliphatic rings. The summed E-state index contributed by atoms with van der Waals surface area (Å²) in [5, 5.41) is 12.3. The van der Waals surface area contributed by atoms with E-state index in [-0.39, 0.29) is 12.1 Å². The largest absolute Gasteiger partial charge is 0.395 e. The van der Waals surface area contributed by atoms with Crippen molar-refractivity contribution in [2.24, 2.45) is 0 Å². The monoisotopic (exact) mass is 158 g/mol. The lowest BCUT2D eigenvalue weighted by Gasteiger charge is -2.42. The van der Waals surface area contributed by atoms with Crippen LogP contribution in [0.2, 0.25) is 0 Å². The van der Waals surface area contributed by atoms with E-state index in [9.17, 15) is 0 Å². The molecule has 1 unspecified atom stereocenters. The van der Waals surface area contributed by atoms with Gasteiger partial charge in [-0.25, -0.2) is 0 Å². The molecule has 0 aromatic carbocycles. The van der Waals surface area contributed by atoms with Crippen molar-refractivity contribution in [2.45, 2.75) is 25.4 Å². The first-order valence-corrected chi connectivity index (χ1v) is 4.11. The molecule has 0 spiro atoms. The van der Waals surface area contributed by atoms with Gasteiger partial charge < -0.3 is 10.4 Å². The average molecular weight is 158 g/mol. The van der Waals surface area contributed by atoms with E-state index in [1.54, 1.807) is 0 Å². The highest BCUT2D eigenvalue weighted by atomic mass is 16.3. The molecular formula is C8H18N2O. The molecule has 1 saturated heterocycles. The number of hydrogen-bond donors (Lipinski definition) is 2. The van der Waals surface area contributed by atoms with Gasteiger partial charge in [0.05, 0.1) is 6.61 Å². The summed E-state index contributed by atoms with van der Waals surface area (Å²) in [5.41, 5.74) is 0.195. The first kappa shape index (κ1) is 8.97. The molecule has 3 nitrogen and oxygen atoms in total. The van der Waals surface area contributed by atoms with E-state index in [2.05, 4.69) is 31.1 Å². The Morgan fingerprint density at radius 3 is 2.73 bits per heavy atom. The molecule has 0 aromatic rings. The molecule has 2 N–H and O–H groups in total. The number of aliphatic hydroxyl groups is 1.